The van der Waals surface area contributed by atoms with Crippen LogP contribution in [0.4, 0.5) is 0 Å². The van der Waals surface area contributed by atoms with Crippen molar-refractivity contribution in [1.29, 1.82) is 5.26 Å². The first-order valence-electron chi connectivity index (χ1n) is 4.84. The van der Waals surface area contributed by atoms with Crippen LogP contribution in [0.5, 0.6) is 0 Å². The highest BCUT2D eigenvalue weighted by Crippen LogP contribution is 2.26. The van der Waals surface area contributed by atoms with Gasteiger partial charge in [-0.2, -0.15) is 5.26 Å². The number of rotatable bonds is 4. The Balaban J connectivity index is 2.49. The zero-order valence-corrected chi connectivity index (χ0v) is 8.24. The van der Waals surface area contributed by atoms with Gasteiger partial charge in [-0.15, -0.1) is 0 Å². The van der Waals surface area contributed by atoms with Gasteiger partial charge in [-0.25, -0.2) is 0 Å². The van der Waals surface area contributed by atoms with Gasteiger partial charge in [-0.1, -0.05) is 24.3 Å². The lowest BCUT2D eigenvalue weighted by Gasteiger charge is -2.17. The molecule has 0 heterocycles. The molecule has 0 fully saturated rings. The third kappa shape index (κ3) is 2.86. The lowest BCUT2D eigenvalue weighted by Crippen LogP contribution is -2.05. The summed E-state index contributed by atoms with van der Waals surface area (Å²) < 4.78 is 0. The molecule has 1 aliphatic rings. The SMILES string of the molecule is C=C(CCCO)C1C=CC=C(C#N)C1. The average Bonchev–Trinajstić information content (AvgIpc) is 2.26. The normalized spacial score (nSPS) is 20.0. The van der Waals surface area contributed by atoms with E-state index in [-0.39, 0.29) is 12.5 Å². The predicted octanol–water partition coefficient (Wildman–Crippen LogP) is 2.34. The number of nitriles is 1. The topological polar surface area (TPSA) is 44.0 Å². The van der Waals surface area contributed by atoms with E-state index in [2.05, 4.69) is 18.7 Å². The van der Waals surface area contributed by atoms with Crippen molar-refractivity contribution in [2.75, 3.05) is 6.61 Å². The van der Waals surface area contributed by atoms with Crippen molar-refractivity contribution >= 4 is 0 Å². The van der Waals surface area contributed by atoms with E-state index in [9.17, 15) is 0 Å². The van der Waals surface area contributed by atoms with E-state index in [4.69, 9.17) is 10.4 Å². The van der Waals surface area contributed by atoms with E-state index in [1.807, 2.05) is 12.2 Å². The third-order valence-corrected chi connectivity index (χ3v) is 2.40. The summed E-state index contributed by atoms with van der Waals surface area (Å²) in [6.07, 6.45) is 8.18. The van der Waals surface area contributed by atoms with Gasteiger partial charge in [0, 0.05) is 18.1 Å². The molecule has 0 aromatic heterocycles. The van der Waals surface area contributed by atoms with Gasteiger partial charge in [0.25, 0.3) is 0 Å². The Morgan fingerprint density at radius 2 is 2.50 bits per heavy atom. The van der Waals surface area contributed by atoms with E-state index in [1.54, 1.807) is 0 Å². The molecule has 0 aliphatic heterocycles. The van der Waals surface area contributed by atoms with Crippen LogP contribution < -0.4 is 0 Å². The van der Waals surface area contributed by atoms with Gasteiger partial charge in [-0.3, -0.25) is 0 Å². The number of hydrogen-bond donors (Lipinski definition) is 1. The van der Waals surface area contributed by atoms with E-state index < -0.39 is 0 Å². The predicted molar refractivity (Wildman–Crippen MR) is 56.4 cm³/mol. The van der Waals surface area contributed by atoms with Gasteiger partial charge >= 0.3 is 0 Å². The van der Waals surface area contributed by atoms with Gasteiger partial charge in [0.05, 0.1) is 6.07 Å². The molecule has 0 saturated carbocycles. The fourth-order valence-electron chi connectivity index (χ4n) is 1.53. The van der Waals surface area contributed by atoms with E-state index in [1.165, 1.54) is 0 Å². The van der Waals surface area contributed by atoms with Gasteiger partial charge in [-0.05, 0) is 25.3 Å². The second-order valence-electron chi connectivity index (χ2n) is 3.48. The van der Waals surface area contributed by atoms with Crippen LogP contribution in [0.2, 0.25) is 0 Å². The van der Waals surface area contributed by atoms with Crippen LogP contribution in [-0.4, -0.2) is 11.7 Å². The number of allylic oxidation sites excluding steroid dienone is 5. The second kappa shape index (κ2) is 5.41. The van der Waals surface area contributed by atoms with Crippen molar-refractivity contribution in [3.63, 3.8) is 0 Å². The standard InChI is InChI=1S/C12H15NO/c1-10(4-3-7-14)12-6-2-5-11(8-12)9-13/h2,5-6,12,14H,1,3-4,7-8H2. The first kappa shape index (κ1) is 10.7. The molecular formula is C12H15NO. The van der Waals surface area contributed by atoms with Crippen molar-refractivity contribution in [2.45, 2.75) is 19.3 Å². The van der Waals surface area contributed by atoms with E-state index >= 15 is 0 Å². The molecule has 2 heteroatoms. The molecule has 1 unspecified atom stereocenters. The minimum absolute atomic E-state index is 0.205. The van der Waals surface area contributed by atoms with Gasteiger partial charge in [0.2, 0.25) is 0 Å². The highest BCUT2D eigenvalue weighted by atomic mass is 16.2. The Morgan fingerprint density at radius 3 is 3.14 bits per heavy atom. The summed E-state index contributed by atoms with van der Waals surface area (Å²) >= 11 is 0. The zero-order valence-electron chi connectivity index (χ0n) is 8.24. The monoisotopic (exact) mass is 189 g/mol. The van der Waals surface area contributed by atoms with Crippen molar-refractivity contribution in [3.05, 3.63) is 36.0 Å². The Hall–Kier alpha value is -1.33. The smallest absolute Gasteiger partial charge is 0.0947 e. The number of aliphatic hydroxyl groups is 1. The average molecular weight is 189 g/mol. The molecule has 0 aromatic rings. The largest absolute Gasteiger partial charge is 0.396 e. The quantitative estimate of drug-likeness (QED) is 0.690. The number of hydrogen-bond acceptors (Lipinski definition) is 2. The van der Waals surface area contributed by atoms with Crippen molar-refractivity contribution in [2.24, 2.45) is 5.92 Å². The summed E-state index contributed by atoms with van der Waals surface area (Å²) in [6, 6.07) is 2.16. The van der Waals surface area contributed by atoms with Crippen LogP contribution in [0.25, 0.3) is 0 Å². The highest BCUT2D eigenvalue weighted by Gasteiger charge is 2.13. The third-order valence-electron chi connectivity index (χ3n) is 2.40. The first-order chi connectivity index (χ1) is 6.77. The maximum atomic E-state index is 8.74. The second-order valence-corrected chi connectivity index (χ2v) is 3.48. The maximum absolute atomic E-state index is 8.74. The molecule has 2 nitrogen and oxygen atoms in total. The van der Waals surface area contributed by atoms with Crippen molar-refractivity contribution in [1.82, 2.24) is 0 Å². The minimum atomic E-state index is 0.205. The number of nitrogens with zero attached hydrogens (tertiary/aromatic N) is 1. The molecule has 14 heavy (non-hydrogen) atoms. The molecule has 1 rings (SSSR count). The lowest BCUT2D eigenvalue weighted by molar-refractivity contribution is 0.287. The van der Waals surface area contributed by atoms with Gasteiger partial charge in [0.1, 0.15) is 0 Å². The van der Waals surface area contributed by atoms with Crippen LogP contribution in [0.3, 0.4) is 0 Å². The van der Waals surface area contributed by atoms with Crippen LogP contribution in [0, 0.1) is 17.2 Å². The fraction of sp³-hybridized carbons (Fsp3) is 0.417. The molecule has 0 bridgehead atoms. The molecule has 1 aliphatic carbocycles. The van der Waals surface area contributed by atoms with Crippen LogP contribution >= 0.6 is 0 Å². The Labute approximate surface area is 84.9 Å². The molecular weight excluding hydrogens is 174 g/mol. The van der Waals surface area contributed by atoms with Crippen molar-refractivity contribution in [3.8, 4) is 6.07 Å². The van der Waals surface area contributed by atoms with E-state index in [0.717, 1.165) is 30.4 Å². The maximum Gasteiger partial charge on any atom is 0.0947 e. The first-order valence-corrected chi connectivity index (χ1v) is 4.84. The summed E-state index contributed by atoms with van der Waals surface area (Å²) in [7, 11) is 0. The fourth-order valence-corrected chi connectivity index (χ4v) is 1.53. The number of aliphatic hydroxyl groups excluding tert-OH is 1. The Morgan fingerprint density at radius 1 is 1.71 bits per heavy atom. The summed E-state index contributed by atoms with van der Waals surface area (Å²) in [5, 5.41) is 17.4. The zero-order chi connectivity index (χ0) is 10.4. The van der Waals surface area contributed by atoms with Crippen LogP contribution in [0.1, 0.15) is 19.3 Å². The molecule has 0 amide bonds. The molecule has 1 N–H and O–H groups in total. The summed E-state index contributed by atoms with van der Waals surface area (Å²) in [5.41, 5.74) is 1.92. The molecule has 1 atom stereocenters. The summed E-state index contributed by atoms with van der Waals surface area (Å²) in [5.74, 6) is 0.279. The van der Waals surface area contributed by atoms with Crippen LogP contribution in [-0.2, 0) is 0 Å². The van der Waals surface area contributed by atoms with Crippen LogP contribution in [0.15, 0.2) is 36.0 Å². The van der Waals surface area contributed by atoms with Crippen molar-refractivity contribution < 1.29 is 5.11 Å². The lowest BCUT2D eigenvalue weighted by atomic mass is 9.87. The summed E-state index contributed by atoms with van der Waals surface area (Å²) in [4.78, 5) is 0. The Bertz CT molecular complexity index is 307. The Kier molecular flexibility index (Phi) is 4.15. The highest BCUT2D eigenvalue weighted by molar-refractivity contribution is 5.33. The van der Waals surface area contributed by atoms with Gasteiger partial charge in [0.15, 0.2) is 0 Å². The minimum Gasteiger partial charge on any atom is -0.396 e. The molecule has 0 aromatic carbocycles. The summed E-state index contributed by atoms with van der Waals surface area (Å²) in [6.45, 7) is 4.19. The molecule has 0 saturated heterocycles. The van der Waals surface area contributed by atoms with Gasteiger partial charge < -0.3 is 5.11 Å². The molecule has 0 radical (unpaired) electrons. The molecule has 0 spiro atoms. The molecule has 74 valence electrons. The van der Waals surface area contributed by atoms with E-state index in [0.29, 0.717) is 0 Å².